The summed E-state index contributed by atoms with van der Waals surface area (Å²) in [5, 5.41) is 4.90. The zero-order valence-electron chi connectivity index (χ0n) is 82.2. The SMILES string of the molecule is CC(=O)OCC1OC2OC3C(COC(C)=O)OC(OC4C(COC(C)=O)OC(OC5C(COC(C)=O)OC(OC6C(COC(C)=O)OC(OC7C(COC(C)=O)OC(OC8C(CNC(=O)NC(C)(C)N)OC(OC1C(OC(C)=O)C2OC(C)=O)C(OC(C)=O)C8OC(C)=O)C(OC(C)=O)C7OC(C)=O)C(OC(C)=O)C6OC(C)=O)C(OC(C)=O)C5OC(C)=O)C(OC(C)=O)C4OC(C)=O)C(OC(C)=O)C3OC(C)=O. The number of esters is 20. The number of ether oxygens (including phenoxy) is 34. The lowest BCUT2D eigenvalue weighted by molar-refractivity contribution is -0.396. The van der Waals surface area contributed by atoms with Crippen LogP contribution in [0.5, 0.6) is 0 Å². The van der Waals surface area contributed by atoms with Crippen LogP contribution in [0.15, 0.2) is 0 Å². The molecule has 35 atom stereocenters. The predicted octanol–water partition coefficient (Wildman–Crippen LogP) is -3.81. The van der Waals surface area contributed by atoms with Crippen LogP contribution in [0.4, 0.5) is 4.79 Å². The van der Waals surface area contributed by atoms with E-state index in [4.69, 9.17) is 167 Å². The fourth-order valence-electron chi connectivity index (χ4n) is 16.3. The maximum absolute atomic E-state index is 14.1. The Labute approximate surface area is 819 Å². The van der Waals surface area contributed by atoms with Gasteiger partial charge in [-0.2, -0.15) is 0 Å². The molecule has 21 fully saturated rings. The number of carbonyl (C=O) groups excluding carboxylic acids is 21. The summed E-state index contributed by atoms with van der Waals surface area (Å²) in [6.07, 6.45) is -81.8. The average molecular weight is 2070 g/mol. The van der Waals surface area contributed by atoms with Gasteiger partial charge in [-0.1, -0.05) is 0 Å². The molecular weight excluding hydrogens is 1950 g/mol. The molecule has 58 nitrogen and oxygen atoms in total. The van der Waals surface area contributed by atoms with Gasteiger partial charge in [0.2, 0.25) is 0 Å². The summed E-state index contributed by atoms with van der Waals surface area (Å²) in [5.41, 5.74) is 4.65. The molecule has 21 aliphatic heterocycles. The van der Waals surface area contributed by atoms with Gasteiger partial charge in [0.1, 0.15) is 125 Å². The highest BCUT2D eigenvalue weighted by atomic mass is 16.8. The Morgan fingerprint density at radius 3 is 0.444 bits per heavy atom. The minimum absolute atomic E-state index is 0.791. The summed E-state index contributed by atoms with van der Waals surface area (Å²) in [7, 11) is 0. The van der Waals surface area contributed by atoms with Crippen LogP contribution in [-0.4, -0.2) is 392 Å². The number of hydrogen-bond donors (Lipinski definition) is 3. The largest absolute Gasteiger partial charge is 0.463 e. The number of urea groups is 1. The number of hydrogen-bond acceptors (Lipinski definition) is 56. The molecule has 21 heterocycles. The van der Waals surface area contributed by atoms with E-state index in [2.05, 4.69) is 10.6 Å². The van der Waals surface area contributed by atoms with Crippen LogP contribution < -0.4 is 16.4 Å². The van der Waals surface area contributed by atoms with Gasteiger partial charge in [0.05, 0.1) is 5.66 Å². The zero-order valence-corrected chi connectivity index (χ0v) is 82.2. The molecule has 0 aliphatic carbocycles. The van der Waals surface area contributed by atoms with Gasteiger partial charge in [0, 0.05) is 145 Å². The minimum atomic E-state index is -2.49. The highest BCUT2D eigenvalue weighted by Crippen LogP contribution is 2.45. The molecule has 58 heteroatoms. The first-order valence-electron chi connectivity index (χ1n) is 44.6. The summed E-state index contributed by atoms with van der Waals surface area (Å²) in [6.45, 7) is 11.3. The Bertz CT molecular complexity index is 4300. The first-order chi connectivity index (χ1) is 67.3. The molecule has 2 amide bonds. The fraction of sp³-hybridized carbons (Fsp3) is 0.756. The minimum Gasteiger partial charge on any atom is -0.463 e. The van der Waals surface area contributed by atoms with Crippen molar-refractivity contribution in [1.29, 1.82) is 0 Å². The van der Waals surface area contributed by atoms with Crippen LogP contribution in [0.3, 0.4) is 0 Å². The monoisotopic (exact) mass is 2070 g/mol. The number of nitrogens with one attached hydrogen (secondary N) is 2. The predicted molar refractivity (Wildman–Crippen MR) is 447 cm³/mol. The summed E-state index contributed by atoms with van der Waals surface area (Å²) in [6, 6.07) is -1.13. The maximum atomic E-state index is 14.1. The summed E-state index contributed by atoms with van der Waals surface area (Å²) < 4.78 is 210. The van der Waals surface area contributed by atoms with Crippen LogP contribution in [0.25, 0.3) is 0 Å². The van der Waals surface area contributed by atoms with Crippen molar-refractivity contribution in [2.45, 2.75) is 373 Å². The fourth-order valence-corrected chi connectivity index (χ4v) is 16.3. The highest BCUT2D eigenvalue weighted by molar-refractivity contribution is 5.76. The normalized spacial score (nSPS) is 34.1. The van der Waals surface area contributed by atoms with Gasteiger partial charge in [-0.25, -0.2) is 4.79 Å². The second-order valence-corrected chi connectivity index (χ2v) is 33.9. The van der Waals surface area contributed by atoms with Crippen LogP contribution in [-0.2, 0) is 257 Å². The average Bonchev–Trinajstić information content (AvgIpc) is 0.793. The summed E-state index contributed by atoms with van der Waals surface area (Å²) in [5.74, 6) is -25.2. The van der Waals surface area contributed by atoms with Crippen molar-refractivity contribution in [3.8, 4) is 0 Å². The van der Waals surface area contributed by atoms with Crippen LogP contribution >= 0.6 is 0 Å². The molecule has 4 N–H and O–H groups in total. The number of rotatable bonds is 29. The van der Waals surface area contributed by atoms with Crippen molar-refractivity contribution in [3.63, 3.8) is 0 Å². The van der Waals surface area contributed by atoms with Crippen molar-refractivity contribution in [2.24, 2.45) is 5.73 Å². The van der Waals surface area contributed by atoms with Gasteiger partial charge >= 0.3 is 125 Å². The van der Waals surface area contributed by atoms with Gasteiger partial charge < -0.3 is 177 Å². The number of nitrogens with two attached hydrogens (primary N) is 1. The van der Waals surface area contributed by atoms with E-state index in [9.17, 15) is 101 Å². The molecular formula is C86H119N3O55. The molecule has 14 bridgehead atoms. The molecule has 808 valence electrons. The Morgan fingerprint density at radius 1 is 0.194 bits per heavy atom. The molecule has 0 radical (unpaired) electrons. The van der Waals surface area contributed by atoms with E-state index in [0.29, 0.717) is 0 Å². The highest BCUT2D eigenvalue weighted by Gasteiger charge is 2.66. The third-order valence-corrected chi connectivity index (χ3v) is 21.0. The lowest BCUT2D eigenvalue weighted by atomic mass is 9.94. The molecule has 0 aromatic carbocycles. The number of amides is 2. The molecule has 0 saturated carbocycles. The van der Waals surface area contributed by atoms with E-state index in [1.165, 1.54) is 13.8 Å². The quantitative estimate of drug-likeness (QED) is 0.0367. The Morgan fingerprint density at radius 2 is 0.319 bits per heavy atom. The molecule has 21 saturated heterocycles. The lowest BCUT2D eigenvalue weighted by Crippen LogP contribution is -2.70. The van der Waals surface area contributed by atoms with Crippen LogP contribution in [0.2, 0.25) is 0 Å². The second kappa shape index (κ2) is 52.7. The van der Waals surface area contributed by atoms with E-state index >= 15 is 0 Å². The van der Waals surface area contributed by atoms with Crippen molar-refractivity contribution in [1.82, 2.24) is 10.6 Å². The van der Waals surface area contributed by atoms with E-state index in [1.807, 2.05) is 0 Å². The van der Waals surface area contributed by atoms with Crippen molar-refractivity contribution in [2.75, 3.05) is 46.2 Å². The van der Waals surface area contributed by atoms with Crippen molar-refractivity contribution in [3.05, 3.63) is 0 Å². The molecule has 35 unspecified atom stereocenters. The molecule has 21 aliphatic rings. The third kappa shape index (κ3) is 34.1. The van der Waals surface area contributed by atoms with Crippen LogP contribution in [0.1, 0.15) is 152 Å². The van der Waals surface area contributed by atoms with Gasteiger partial charge in [-0.15, -0.1) is 0 Å². The van der Waals surface area contributed by atoms with E-state index in [0.717, 1.165) is 138 Å². The van der Waals surface area contributed by atoms with Crippen LogP contribution in [0, 0.1) is 0 Å². The zero-order chi connectivity index (χ0) is 107. The van der Waals surface area contributed by atoms with E-state index < -0.39 is 392 Å². The van der Waals surface area contributed by atoms with Gasteiger partial charge in [-0.05, 0) is 13.8 Å². The molecule has 0 aromatic heterocycles. The van der Waals surface area contributed by atoms with Crippen molar-refractivity contribution < 1.29 is 262 Å². The molecule has 0 spiro atoms. The summed E-state index contributed by atoms with van der Waals surface area (Å²) >= 11 is 0. The van der Waals surface area contributed by atoms with E-state index in [1.54, 1.807) is 0 Å². The molecule has 144 heavy (non-hydrogen) atoms. The first kappa shape index (κ1) is 117. The standard InChI is InChI=1S/C86H119N3O55/c1-30(90)111-24-51-58-65(118-37(8)97)73(126-45(16)105)80(133-51)141-60-53(26-113-32(3)92)135-82(75(128-47(18)107)67(60)120-39(10)99)143-62-55(28-115-34(5)94)137-84(77(130-49(20)109)69(62)122-41(12)101)144-63-56(29-116-35(6)95)136-83(76(129-48(19)108)70(63)123-42(13)102)142-61-54(27-114-33(4)93)134-81(74(127-46(17)106)68(61)121-40(11)100)140-59-52(25-112-31(2)91)132-79(72(125-44(15)104)66(59)119-38(9)98)138-57-50(23-88-85(110)89-86(21,22)87)131-78(139-58)71(124-43(14)103)64(57)117-36(7)96/h50-84H,23-29,87H2,1-22H3,(H2,88,89,110). The number of carbonyl (C=O) groups is 21. The van der Waals surface area contributed by atoms with E-state index in [-0.39, 0.29) is 0 Å². The topological polar surface area (TPSA) is 722 Å². The van der Waals surface area contributed by atoms with Gasteiger partial charge in [0.15, 0.2) is 129 Å². The Kier molecular flexibility index (Phi) is 43.0. The first-order valence-corrected chi connectivity index (χ1v) is 44.6. The summed E-state index contributed by atoms with van der Waals surface area (Å²) in [4.78, 5) is 290. The van der Waals surface area contributed by atoms with Crippen molar-refractivity contribution >= 4 is 125 Å². The van der Waals surface area contributed by atoms with Gasteiger partial charge in [-0.3, -0.25) is 95.9 Å². The lowest BCUT2D eigenvalue weighted by Gasteiger charge is -2.52. The third-order valence-electron chi connectivity index (χ3n) is 21.0. The maximum Gasteiger partial charge on any atom is 0.316 e. The Hall–Kier alpha value is -11.9. The molecule has 21 rings (SSSR count). The second-order valence-electron chi connectivity index (χ2n) is 33.9. The molecule has 0 aromatic rings. The van der Waals surface area contributed by atoms with Gasteiger partial charge in [0.25, 0.3) is 0 Å². The Balaban J connectivity index is 1.53. The smallest absolute Gasteiger partial charge is 0.316 e.